The minimum absolute atomic E-state index is 0.0127. The van der Waals surface area contributed by atoms with Crippen molar-refractivity contribution in [3.05, 3.63) is 17.5 Å². The number of nitrogens with zero attached hydrogens (tertiary/aromatic N) is 3. The van der Waals surface area contributed by atoms with E-state index in [9.17, 15) is 9.90 Å². The number of amides is 1. The van der Waals surface area contributed by atoms with Crippen LogP contribution in [0.5, 0.6) is 0 Å². The van der Waals surface area contributed by atoms with Crippen LogP contribution >= 0.6 is 0 Å². The Morgan fingerprint density at radius 1 is 1.35 bits per heavy atom. The van der Waals surface area contributed by atoms with Crippen molar-refractivity contribution >= 4 is 5.91 Å². The number of carbonyl (C=O) groups is 1. The van der Waals surface area contributed by atoms with Crippen molar-refractivity contribution in [3.63, 3.8) is 0 Å². The Bertz CT molecular complexity index is 620. The molecule has 7 nitrogen and oxygen atoms in total. The Morgan fingerprint density at radius 3 is 2.69 bits per heavy atom. The van der Waals surface area contributed by atoms with Gasteiger partial charge in [-0.3, -0.25) is 9.48 Å². The lowest BCUT2D eigenvalue weighted by Gasteiger charge is -2.56. The molecule has 0 radical (unpaired) electrons. The fourth-order valence-electron chi connectivity index (χ4n) is 4.29. The molecule has 2 fully saturated rings. The number of piperidine rings is 1. The third kappa shape index (κ3) is 3.52. The van der Waals surface area contributed by atoms with Crippen LogP contribution < -0.4 is 0 Å². The molecular weight excluding hydrogens is 334 g/mol. The first-order valence-corrected chi connectivity index (χ1v) is 9.73. The monoisotopic (exact) mass is 365 g/mol. The average Bonchev–Trinajstić information content (AvgIpc) is 3.02. The summed E-state index contributed by atoms with van der Waals surface area (Å²) < 4.78 is 13.0. The van der Waals surface area contributed by atoms with Gasteiger partial charge in [0.05, 0.1) is 31.1 Å². The maximum Gasteiger partial charge on any atom is 0.272 e. The maximum absolute atomic E-state index is 13.0. The first-order valence-electron chi connectivity index (χ1n) is 9.73. The van der Waals surface area contributed by atoms with Crippen LogP contribution in [0, 0.1) is 12.3 Å². The normalized spacial score (nSPS) is 24.7. The standard InChI is InChI=1S/C19H31N3O4/c1-4-25-11-10-22-15(12-14(3)20-22)18(24)21-8-6-19(7-9-21)16(23)13-17(19)26-5-2/h12,16-17,23H,4-11,13H2,1-3H3/t16-,17+/m1/s1. The van der Waals surface area contributed by atoms with E-state index in [0.29, 0.717) is 51.6 Å². The Kier molecular flexibility index (Phi) is 5.99. The van der Waals surface area contributed by atoms with Crippen molar-refractivity contribution in [1.29, 1.82) is 0 Å². The molecule has 2 heterocycles. The number of aromatic nitrogens is 2. The van der Waals surface area contributed by atoms with Crippen LogP contribution in [0.25, 0.3) is 0 Å². The third-order valence-corrected chi connectivity index (χ3v) is 5.86. The molecule has 1 saturated heterocycles. The highest BCUT2D eigenvalue weighted by atomic mass is 16.5. The Labute approximate surface area is 155 Å². The molecule has 1 aliphatic carbocycles. The van der Waals surface area contributed by atoms with Crippen molar-refractivity contribution in [2.45, 2.75) is 58.8 Å². The summed E-state index contributed by atoms with van der Waals surface area (Å²) in [5.74, 6) is 0.0127. The van der Waals surface area contributed by atoms with Crippen molar-refractivity contribution < 1.29 is 19.4 Å². The minimum atomic E-state index is -0.310. The van der Waals surface area contributed by atoms with Gasteiger partial charge in [0.25, 0.3) is 5.91 Å². The smallest absolute Gasteiger partial charge is 0.272 e. The van der Waals surface area contributed by atoms with Gasteiger partial charge in [0.1, 0.15) is 5.69 Å². The van der Waals surface area contributed by atoms with Crippen LogP contribution in [-0.4, -0.2) is 70.8 Å². The summed E-state index contributed by atoms with van der Waals surface area (Å²) >= 11 is 0. The van der Waals surface area contributed by atoms with Crippen LogP contribution in [0.3, 0.4) is 0 Å². The van der Waals surface area contributed by atoms with E-state index in [1.54, 1.807) is 4.68 Å². The lowest BCUT2D eigenvalue weighted by atomic mass is 9.58. The van der Waals surface area contributed by atoms with Gasteiger partial charge in [-0.15, -0.1) is 0 Å². The van der Waals surface area contributed by atoms with E-state index in [4.69, 9.17) is 9.47 Å². The molecule has 26 heavy (non-hydrogen) atoms. The van der Waals surface area contributed by atoms with Crippen LogP contribution in [0.15, 0.2) is 6.07 Å². The highest BCUT2D eigenvalue weighted by molar-refractivity contribution is 5.92. The topological polar surface area (TPSA) is 76.8 Å². The highest BCUT2D eigenvalue weighted by Crippen LogP contribution is 2.51. The number of hydrogen-bond donors (Lipinski definition) is 1. The van der Waals surface area contributed by atoms with Gasteiger partial charge < -0.3 is 19.5 Å². The van der Waals surface area contributed by atoms with Crippen molar-refractivity contribution in [2.75, 3.05) is 32.9 Å². The molecule has 1 aromatic rings. The number of aliphatic hydroxyl groups is 1. The van der Waals surface area contributed by atoms with Gasteiger partial charge in [0, 0.05) is 38.1 Å². The molecule has 1 saturated carbocycles. The molecule has 1 amide bonds. The van der Waals surface area contributed by atoms with Crippen LogP contribution in [-0.2, 0) is 16.0 Å². The van der Waals surface area contributed by atoms with E-state index < -0.39 is 0 Å². The van der Waals surface area contributed by atoms with Crippen molar-refractivity contribution in [3.8, 4) is 0 Å². The van der Waals surface area contributed by atoms with E-state index in [0.717, 1.165) is 18.5 Å². The first-order chi connectivity index (χ1) is 12.5. The summed E-state index contributed by atoms with van der Waals surface area (Å²) in [5, 5.41) is 14.8. The first kappa shape index (κ1) is 19.3. The van der Waals surface area contributed by atoms with Gasteiger partial charge in [-0.2, -0.15) is 5.10 Å². The van der Waals surface area contributed by atoms with Gasteiger partial charge in [-0.25, -0.2) is 0 Å². The molecular formula is C19H31N3O4. The number of carbonyl (C=O) groups excluding carboxylic acids is 1. The van der Waals surface area contributed by atoms with Crippen LogP contribution in [0.1, 0.15) is 49.3 Å². The second kappa shape index (κ2) is 8.06. The highest BCUT2D eigenvalue weighted by Gasteiger charge is 2.56. The maximum atomic E-state index is 13.0. The zero-order valence-corrected chi connectivity index (χ0v) is 16.1. The number of aryl methyl sites for hydroxylation is 1. The summed E-state index contributed by atoms with van der Waals surface area (Å²) in [6, 6.07) is 1.85. The molecule has 1 N–H and O–H groups in total. The molecule has 1 aromatic heterocycles. The van der Waals surface area contributed by atoms with E-state index in [1.165, 1.54) is 0 Å². The second-order valence-electron chi connectivity index (χ2n) is 7.31. The number of likely N-dealkylation sites (tertiary alicyclic amines) is 1. The van der Waals surface area contributed by atoms with Gasteiger partial charge in [0.15, 0.2) is 0 Å². The van der Waals surface area contributed by atoms with Gasteiger partial charge in [-0.05, 0) is 39.7 Å². The average molecular weight is 365 g/mol. The predicted octanol–water partition coefficient (Wildman–Crippen LogP) is 1.62. The van der Waals surface area contributed by atoms with E-state index in [-0.39, 0.29) is 23.5 Å². The third-order valence-electron chi connectivity index (χ3n) is 5.86. The molecule has 0 bridgehead atoms. The van der Waals surface area contributed by atoms with Crippen molar-refractivity contribution in [2.24, 2.45) is 5.41 Å². The second-order valence-corrected chi connectivity index (χ2v) is 7.31. The molecule has 7 heteroatoms. The molecule has 3 rings (SSSR count). The molecule has 2 atom stereocenters. The van der Waals surface area contributed by atoms with E-state index in [2.05, 4.69) is 5.10 Å². The van der Waals surface area contributed by atoms with E-state index >= 15 is 0 Å². The quantitative estimate of drug-likeness (QED) is 0.743. The summed E-state index contributed by atoms with van der Waals surface area (Å²) in [6.07, 6.45) is 2.10. The van der Waals surface area contributed by atoms with Gasteiger partial charge in [-0.1, -0.05) is 0 Å². The number of aliphatic hydroxyl groups excluding tert-OH is 1. The summed E-state index contributed by atoms with van der Waals surface area (Å²) in [5.41, 5.74) is 1.29. The summed E-state index contributed by atoms with van der Waals surface area (Å²) in [7, 11) is 0. The predicted molar refractivity (Wildman–Crippen MR) is 97.1 cm³/mol. The Hall–Kier alpha value is -1.44. The molecule has 0 unspecified atom stereocenters. The van der Waals surface area contributed by atoms with Gasteiger partial charge >= 0.3 is 0 Å². The fraction of sp³-hybridized carbons (Fsp3) is 0.789. The lowest BCUT2D eigenvalue weighted by molar-refractivity contribution is -0.207. The molecule has 1 spiro atoms. The minimum Gasteiger partial charge on any atom is -0.392 e. The lowest BCUT2D eigenvalue weighted by Crippen LogP contribution is -2.62. The number of rotatable bonds is 7. The largest absolute Gasteiger partial charge is 0.392 e. The Morgan fingerprint density at radius 2 is 2.08 bits per heavy atom. The molecule has 1 aliphatic heterocycles. The summed E-state index contributed by atoms with van der Waals surface area (Å²) in [4.78, 5) is 14.9. The molecule has 146 valence electrons. The van der Waals surface area contributed by atoms with Gasteiger partial charge in [0.2, 0.25) is 0 Å². The zero-order chi connectivity index (χ0) is 18.7. The fourth-order valence-corrected chi connectivity index (χ4v) is 4.29. The van der Waals surface area contributed by atoms with Crippen LogP contribution in [0.2, 0.25) is 0 Å². The Balaban J connectivity index is 1.64. The summed E-state index contributed by atoms with van der Waals surface area (Å²) in [6.45, 7) is 9.58. The number of ether oxygens (including phenoxy) is 2. The van der Waals surface area contributed by atoms with Crippen LogP contribution in [0.4, 0.5) is 0 Å². The zero-order valence-electron chi connectivity index (χ0n) is 16.1. The molecule has 2 aliphatic rings. The molecule has 0 aromatic carbocycles. The van der Waals surface area contributed by atoms with E-state index in [1.807, 2.05) is 31.7 Å². The SMILES string of the molecule is CCOCCn1nc(C)cc1C(=O)N1CCC2(CC1)[C@H](O)C[C@@H]2OCC. The van der Waals surface area contributed by atoms with Crippen molar-refractivity contribution in [1.82, 2.24) is 14.7 Å². The number of hydrogen-bond acceptors (Lipinski definition) is 5.